The van der Waals surface area contributed by atoms with Gasteiger partial charge in [-0.05, 0) is 198 Å². The van der Waals surface area contributed by atoms with Crippen LogP contribution in [0.2, 0.25) is 36.3 Å². The molecule has 578 valence electrons. The summed E-state index contributed by atoms with van der Waals surface area (Å²) in [6.45, 7) is 40.4. The highest BCUT2D eigenvalue weighted by atomic mass is 79.9. The fourth-order valence-electron chi connectivity index (χ4n) is 9.31. The van der Waals surface area contributed by atoms with Gasteiger partial charge >= 0.3 is 30.6 Å². The number of hydrogen-bond acceptors (Lipinski definition) is 20. The van der Waals surface area contributed by atoms with Gasteiger partial charge in [0.1, 0.15) is 20.4 Å². The zero-order chi connectivity index (χ0) is 78.4. The average molecular weight is 1630 g/mol. The molecule has 2 aromatic carbocycles. The molecule has 6 aromatic rings. The lowest BCUT2D eigenvalue weighted by Gasteiger charge is -2.38. The number of rotatable bonds is 29. The van der Waals surface area contributed by atoms with Gasteiger partial charge in [-0.15, -0.1) is 20.4 Å². The molecule has 0 aliphatic rings. The number of amides is 3. The molecule has 4 heterocycles. The third kappa shape index (κ3) is 24.9. The summed E-state index contributed by atoms with van der Waals surface area (Å²) in [6.07, 6.45) is -14.5. The minimum atomic E-state index is -5.08. The number of aromatic nitrogens is 6. The van der Waals surface area contributed by atoms with Crippen LogP contribution in [0.4, 0.5) is 52.1 Å². The predicted molar refractivity (Wildman–Crippen MR) is 394 cm³/mol. The van der Waals surface area contributed by atoms with Gasteiger partial charge in [0.25, 0.3) is 23.6 Å². The van der Waals surface area contributed by atoms with E-state index >= 15 is 26.3 Å². The summed E-state index contributed by atoms with van der Waals surface area (Å²) >= 11 is 6.66. The quantitative estimate of drug-likeness (QED) is 0.0151. The van der Waals surface area contributed by atoms with Crippen molar-refractivity contribution < 1.29 is 91.6 Å². The largest absolute Gasteiger partial charge is 0.446 e. The van der Waals surface area contributed by atoms with Crippen LogP contribution in [0.25, 0.3) is 23.2 Å². The zero-order valence-electron chi connectivity index (χ0n) is 63.6. The van der Waals surface area contributed by atoms with Gasteiger partial charge in [-0.2, -0.15) is 31.2 Å². The van der Waals surface area contributed by atoms with Crippen LogP contribution < -0.4 is 10.2 Å². The Hall–Kier alpha value is -6.24. The Kier molecular flexibility index (Phi) is 30.7. The molecule has 104 heavy (non-hydrogen) atoms. The van der Waals surface area contributed by atoms with Gasteiger partial charge in [-0.3, -0.25) is 5.32 Å². The molecule has 0 aliphatic heterocycles. The van der Waals surface area contributed by atoms with Gasteiger partial charge in [-0.25, -0.2) is 24.4 Å². The number of anilines is 2. The fraction of sp³-hybridized carbons (Fsp3) is 0.597. The average Bonchev–Trinajstić information content (AvgIpc) is 1.58. The lowest BCUT2D eigenvalue weighted by atomic mass is 9.98. The van der Waals surface area contributed by atoms with Gasteiger partial charge in [0.2, 0.25) is 11.2 Å². The number of pyridine rings is 2. The molecule has 0 radical (unpaired) electrons. The number of nitrogens with zero attached hydrogens (tertiary/aromatic N) is 7. The molecule has 22 nitrogen and oxygen atoms in total. The van der Waals surface area contributed by atoms with Crippen LogP contribution >= 0.6 is 31.9 Å². The summed E-state index contributed by atoms with van der Waals surface area (Å²) in [5.74, 6) is -2.66. The second-order valence-electron chi connectivity index (χ2n) is 30.5. The smallest absolute Gasteiger partial charge is 0.426 e. The Balaban J connectivity index is 0.000000376. The number of ether oxygens (including phenoxy) is 7. The van der Waals surface area contributed by atoms with E-state index in [0.717, 1.165) is 0 Å². The summed E-state index contributed by atoms with van der Waals surface area (Å²) in [4.78, 5) is 48.9. The van der Waals surface area contributed by atoms with E-state index in [1.54, 1.807) is 136 Å². The topological polar surface area (TPSA) is 253 Å². The number of benzene rings is 2. The van der Waals surface area contributed by atoms with E-state index in [0.29, 0.717) is 44.6 Å². The maximum Gasteiger partial charge on any atom is 0.426 e. The van der Waals surface area contributed by atoms with Crippen LogP contribution in [0, 0.1) is 13.8 Å². The van der Waals surface area contributed by atoms with Gasteiger partial charge < -0.3 is 50.8 Å². The Morgan fingerprint density at radius 1 is 0.548 bits per heavy atom. The number of alkyl halides is 6. The summed E-state index contributed by atoms with van der Waals surface area (Å²) in [6, 6.07) is 19.8. The van der Waals surface area contributed by atoms with Crippen molar-refractivity contribution in [1.82, 2.24) is 30.4 Å². The third-order valence-electron chi connectivity index (χ3n) is 16.9. The number of hydrogen-bond donors (Lipinski definition) is 1. The minimum absolute atomic E-state index is 0.0101. The monoisotopic (exact) mass is 1630 g/mol. The Morgan fingerprint density at radius 3 is 1.33 bits per heavy atom. The van der Waals surface area contributed by atoms with Crippen LogP contribution in [0.3, 0.4) is 0 Å². The fourth-order valence-corrected chi connectivity index (χ4v) is 12.8. The first-order valence-corrected chi connectivity index (χ1v) is 41.5. The first-order chi connectivity index (χ1) is 47.8. The maximum absolute atomic E-state index is 15.4. The Labute approximate surface area is 625 Å². The van der Waals surface area contributed by atoms with Crippen molar-refractivity contribution in [3.8, 4) is 23.2 Å². The van der Waals surface area contributed by atoms with E-state index in [-0.39, 0.29) is 82.0 Å². The van der Waals surface area contributed by atoms with Crippen molar-refractivity contribution in [2.75, 3.05) is 36.6 Å². The van der Waals surface area contributed by atoms with Crippen molar-refractivity contribution in [1.29, 1.82) is 0 Å². The summed E-state index contributed by atoms with van der Waals surface area (Å²) in [7, 11) is -4.09. The molecule has 1 N–H and O–H groups in total. The highest BCUT2D eigenvalue weighted by Crippen LogP contribution is 2.49. The molecule has 0 bridgehead atoms. The highest BCUT2D eigenvalue weighted by Gasteiger charge is 2.63. The van der Waals surface area contributed by atoms with Crippen molar-refractivity contribution >= 4 is 78.1 Å². The number of carbonyl (C=O) groups is 3. The Morgan fingerprint density at radius 2 is 0.942 bits per heavy atom. The van der Waals surface area contributed by atoms with Crippen LogP contribution in [0.5, 0.6) is 0 Å². The predicted octanol–water partition coefficient (Wildman–Crippen LogP) is 20.4. The summed E-state index contributed by atoms with van der Waals surface area (Å²) in [5.41, 5.74) is -6.42. The van der Waals surface area contributed by atoms with Gasteiger partial charge in [0, 0.05) is 38.3 Å². The first-order valence-electron chi connectivity index (χ1n) is 34.1. The van der Waals surface area contributed by atoms with E-state index in [2.05, 4.69) is 135 Å². The molecule has 0 spiro atoms. The second kappa shape index (κ2) is 36.1. The maximum atomic E-state index is 15.4. The normalized spacial score (nSPS) is 14.6. The molecule has 3 amide bonds. The number of halogens is 8. The number of nitrogens with one attached hydrogen (secondary N) is 1. The van der Waals surface area contributed by atoms with E-state index in [1.165, 1.54) is 6.07 Å². The van der Waals surface area contributed by atoms with Crippen LogP contribution in [-0.2, 0) is 66.4 Å². The molecular weight excluding hydrogens is 1530 g/mol. The molecule has 4 aromatic heterocycles. The van der Waals surface area contributed by atoms with Crippen molar-refractivity contribution in [3.05, 3.63) is 116 Å². The van der Waals surface area contributed by atoms with Gasteiger partial charge in [0.05, 0.1) is 43.9 Å². The van der Waals surface area contributed by atoms with E-state index < -0.39 is 120 Å². The van der Waals surface area contributed by atoms with Crippen molar-refractivity contribution in [3.63, 3.8) is 0 Å². The van der Waals surface area contributed by atoms with Crippen LogP contribution in [-0.4, -0.2) is 134 Å². The number of imide groups is 1. The highest BCUT2D eigenvalue weighted by molar-refractivity contribution is 9.10. The molecular formula is C72H102Br2F6N8O14Si2. The molecule has 0 fully saturated rings. The molecule has 4 atom stereocenters. The van der Waals surface area contributed by atoms with Crippen LogP contribution in [0.15, 0.2) is 90.8 Å². The van der Waals surface area contributed by atoms with Crippen molar-refractivity contribution in [2.24, 2.45) is 0 Å². The van der Waals surface area contributed by atoms with Crippen molar-refractivity contribution in [2.45, 2.75) is 253 Å². The SMILES string of the molecule is Cc1cc(N(C(=O)OC(C)C)C(=O)OC(C)(C)C)c(-c2nnc(C(CCOCC[C@H](C)O[Si](C)(C)C(C)(C)C)(OCc3ccccc3)C(F)(F)F)o2)nc1Br.Cc1cc(NC(=O)OC(C)(C)C)c(-c2nnc(C(CCOCC[C@H](C)O[Si](C)(C)C(C)(C)C)(OCc3ccccc3)C(F)(F)F)o2)nc1Br. The van der Waals surface area contributed by atoms with E-state index in [1.807, 2.05) is 13.8 Å². The number of aryl methyl sites for hydroxylation is 2. The van der Waals surface area contributed by atoms with E-state index in [9.17, 15) is 14.4 Å². The van der Waals surface area contributed by atoms with Crippen LogP contribution in [0.1, 0.15) is 170 Å². The molecule has 6 rings (SSSR count). The second-order valence-corrected chi connectivity index (χ2v) is 41.5. The molecule has 0 saturated heterocycles. The standard InChI is InChI=1S/C38H54BrF3N4O8Si.C34H48BrF3N4O6Si/c1-24(2)51-33(47)46(34(48)53-35(5,6)7)28-22-25(3)30(39)43-29(28)31-44-45-32(52-31)37(38(40,41)42,50-23-27-16-14-13-15-17-27)19-21-49-20-18-26(4)54-55(11,12)36(8,9)10;1-22-20-25(39-30(43)47-31(3,4)5)26(40-27(22)35)28-41-42-29(46-28)33(34(36,37)38,45-21-24-14-12-11-13-15-24)17-19-44-18-16-23(2)48-49(9,10)32(6,7)8/h13-17,22,24,26H,18-21,23H2,1-12H3;11-15,20,23H,16-19,21H2,1-10H3,(H,39,43)/t26-,37?;23-,33?/m00/s1. The minimum Gasteiger partial charge on any atom is -0.446 e. The zero-order valence-corrected chi connectivity index (χ0v) is 68.8. The molecule has 2 unspecified atom stereocenters. The third-order valence-corrected chi connectivity index (χ3v) is 27.7. The molecule has 0 saturated carbocycles. The summed E-state index contributed by atoms with van der Waals surface area (Å²) < 4.78 is 156. The number of carbonyl (C=O) groups excluding carboxylic acids is 3. The lowest BCUT2D eigenvalue weighted by molar-refractivity contribution is -0.302. The Bertz CT molecular complexity index is 3770. The van der Waals surface area contributed by atoms with Gasteiger partial charge in [0.15, 0.2) is 28.0 Å². The lowest BCUT2D eigenvalue weighted by Crippen LogP contribution is -2.46. The van der Waals surface area contributed by atoms with Gasteiger partial charge in [-0.1, -0.05) is 102 Å². The first kappa shape index (κ1) is 88.4. The molecule has 0 aliphatic carbocycles. The molecule has 32 heteroatoms. The van der Waals surface area contributed by atoms with E-state index in [4.69, 9.17) is 50.8 Å². The summed E-state index contributed by atoms with van der Waals surface area (Å²) in [5, 5.41) is 18.1.